The second kappa shape index (κ2) is 4.76. The minimum Gasteiger partial charge on any atom is -0.481 e. The van der Waals surface area contributed by atoms with Crippen LogP contribution in [0.4, 0.5) is 5.95 Å². The molecule has 0 radical (unpaired) electrons. The molecule has 1 aromatic heterocycles. The molecule has 20 heavy (non-hydrogen) atoms. The van der Waals surface area contributed by atoms with Gasteiger partial charge >= 0.3 is 0 Å². The van der Waals surface area contributed by atoms with Crippen LogP contribution in [0.1, 0.15) is 38.5 Å². The Morgan fingerprint density at radius 1 is 1.20 bits per heavy atom. The molecule has 0 spiro atoms. The lowest BCUT2D eigenvalue weighted by molar-refractivity contribution is 0.395. The average Bonchev–Trinajstić information content (AvgIpc) is 3.24. The van der Waals surface area contributed by atoms with Crippen molar-refractivity contribution in [2.75, 3.05) is 12.0 Å². The predicted molar refractivity (Wildman–Crippen MR) is 77.9 cm³/mol. The second-order valence-electron chi connectivity index (χ2n) is 6.26. The topological polar surface area (TPSA) is 38.2 Å². The standard InChI is InChI=1S/C16H21N3O/c1-20-15-6-7-17-16(18-15)19-13-4-5-14(19)10-12(9-13)8-11-2-3-11/h6-8,11,13-14H,2-5,9-10H2,1H3. The molecule has 3 aliphatic rings. The summed E-state index contributed by atoms with van der Waals surface area (Å²) >= 11 is 0. The Labute approximate surface area is 119 Å². The van der Waals surface area contributed by atoms with Crippen molar-refractivity contribution < 1.29 is 4.74 Å². The van der Waals surface area contributed by atoms with Crippen LogP contribution in [0, 0.1) is 5.92 Å². The van der Waals surface area contributed by atoms with Gasteiger partial charge in [-0.05, 0) is 44.4 Å². The Hall–Kier alpha value is -1.58. The van der Waals surface area contributed by atoms with E-state index in [4.69, 9.17) is 4.74 Å². The normalized spacial score (nSPS) is 28.6. The highest BCUT2D eigenvalue weighted by Gasteiger charge is 2.40. The lowest BCUT2D eigenvalue weighted by Gasteiger charge is -2.36. The fourth-order valence-electron chi connectivity index (χ4n) is 3.68. The quantitative estimate of drug-likeness (QED) is 0.792. The summed E-state index contributed by atoms with van der Waals surface area (Å²) in [6, 6.07) is 2.99. The monoisotopic (exact) mass is 271 g/mol. The summed E-state index contributed by atoms with van der Waals surface area (Å²) in [6.45, 7) is 0. The van der Waals surface area contributed by atoms with E-state index in [0.29, 0.717) is 18.0 Å². The van der Waals surface area contributed by atoms with Crippen LogP contribution in [-0.2, 0) is 0 Å². The highest BCUT2D eigenvalue weighted by Crippen LogP contribution is 2.42. The molecular formula is C16H21N3O. The first-order valence-electron chi connectivity index (χ1n) is 7.68. The molecular weight excluding hydrogens is 250 g/mol. The summed E-state index contributed by atoms with van der Waals surface area (Å²) in [5.74, 6) is 2.40. The summed E-state index contributed by atoms with van der Waals surface area (Å²) < 4.78 is 5.23. The van der Waals surface area contributed by atoms with E-state index in [1.807, 2.05) is 6.07 Å². The van der Waals surface area contributed by atoms with Crippen molar-refractivity contribution in [1.29, 1.82) is 0 Å². The summed E-state index contributed by atoms with van der Waals surface area (Å²) in [6.07, 6.45) is 12.1. The molecule has 1 aliphatic carbocycles. The molecule has 0 amide bonds. The third kappa shape index (κ3) is 2.17. The lowest BCUT2D eigenvalue weighted by Crippen LogP contribution is -2.41. The molecule has 4 rings (SSSR count). The maximum Gasteiger partial charge on any atom is 0.229 e. The van der Waals surface area contributed by atoms with Crippen LogP contribution in [0.2, 0.25) is 0 Å². The van der Waals surface area contributed by atoms with E-state index in [9.17, 15) is 0 Å². The molecule has 1 aromatic rings. The number of anilines is 1. The number of fused-ring (bicyclic) bond motifs is 2. The minimum atomic E-state index is 0.589. The fraction of sp³-hybridized carbons (Fsp3) is 0.625. The first-order valence-corrected chi connectivity index (χ1v) is 7.68. The molecule has 0 aromatic carbocycles. The number of piperidine rings is 1. The maximum absolute atomic E-state index is 5.23. The van der Waals surface area contributed by atoms with Gasteiger partial charge in [0.05, 0.1) is 7.11 Å². The number of methoxy groups -OCH3 is 1. The Morgan fingerprint density at radius 3 is 2.60 bits per heavy atom. The van der Waals surface area contributed by atoms with Gasteiger partial charge in [-0.2, -0.15) is 4.98 Å². The van der Waals surface area contributed by atoms with E-state index >= 15 is 0 Å². The van der Waals surface area contributed by atoms with Gasteiger partial charge in [-0.3, -0.25) is 0 Å². The van der Waals surface area contributed by atoms with Gasteiger partial charge in [-0.1, -0.05) is 11.6 Å². The SMILES string of the molecule is COc1ccnc(N2C3CCC2CC(=CC2CC2)C3)n1. The third-order valence-electron chi connectivity index (χ3n) is 4.77. The third-order valence-corrected chi connectivity index (χ3v) is 4.77. The van der Waals surface area contributed by atoms with Gasteiger partial charge in [0.2, 0.25) is 11.8 Å². The lowest BCUT2D eigenvalue weighted by atomic mass is 9.96. The predicted octanol–water partition coefficient (Wildman–Crippen LogP) is 2.95. The molecule has 3 fully saturated rings. The van der Waals surface area contributed by atoms with E-state index in [1.54, 1.807) is 18.9 Å². The first kappa shape index (κ1) is 12.2. The van der Waals surface area contributed by atoms with Crippen molar-refractivity contribution in [3.8, 4) is 5.88 Å². The van der Waals surface area contributed by atoms with Gasteiger partial charge in [0, 0.05) is 24.3 Å². The molecule has 2 bridgehead atoms. The number of hydrogen-bond donors (Lipinski definition) is 0. The molecule has 4 nitrogen and oxygen atoms in total. The van der Waals surface area contributed by atoms with Crippen LogP contribution in [-0.4, -0.2) is 29.2 Å². The molecule has 2 aliphatic heterocycles. The summed E-state index contributed by atoms with van der Waals surface area (Å²) in [5.41, 5.74) is 1.68. The number of aromatic nitrogens is 2. The maximum atomic E-state index is 5.23. The molecule has 2 saturated heterocycles. The van der Waals surface area contributed by atoms with Crippen molar-refractivity contribution >= 4 is 5.95 Å². The fourth-order valence-corrected chi connectivity index (χ4v) is 3.68. The van der Waals surface area contributed by atoms with Gasteiger partial charge in [0.25, 0.3) is 0 Å². The summed E-state index contributed by atoms with van der Waals surface area (Å²) in [4.78, 5) is 11.4. The van der Waals surface area contributed by atoms with Gasteiger partial charge in [0.1, 0.15) is 0 Å². The highest BCUT2D eigenvalue weighted by atomic mass is 16.5. The van der Waals surface area contributed by atoms with Gasteiger partial charge in [-0.25, -0.2) is 4.98 Å². The Balaban J connectivity index is 1.58. The van der Waals surface area contributed by atoms with Crippen LogP contribution in [0.5, 0.6) is 5.88 Å². The number of hydrogen-bond acceptors (Lipinski definition) is 4. The smallest absolute Gasteiger partial charge is 0.229 e. The molecule has 1 saturated carbocycles. The molecule has 106 valence electrons. The van der Waals surface area contributed by atoms with Crippen molar-refractivity contribution in [3.05, 3.63) is 23.9 Å². The zero-order valence-corrected chi connectivity index (χ0v) is 12.0. The Bertz CT molecular complexity index is 522. The Kier molecular flexibility index (Phi) is 2.90. The molecule has 4 heteroatoms. The van der Waals surface area contributed by atoms with Crippen LogP contribution >= 0.6 is 0 Å². The summed E-state index contributed by atoms with van der Waals surface area (Å²) in [5, 5.41) is 0. The van der Waals surface area contributed by atoms with Crippen LogP contribution in [0.25, 0.3) is 0 Å². The highest BCUT2D eigenvalue weighted by molar-refractivity contribution is 5.41. The Morgan fingerprint density at radius 2 is 1.95 bits per heavy atom. The number of allylic oxidation sites excluding steroid dienone is 1. The van der Waals surface area contributed by atoms with Crippen LogP contribution in [0.3, 0.4) is 0 Å². The van der Waals surface area contributed by atoms with Gasteiger partial charge in [0.15, 0.2) is 0 Å². The average molecular weight is 271 g/mol. The van der Waals surface area contributed by atoms with Crippen molar-refractivity contribution in [2.24, 2.45) is 5.92 Å². The molecule has 0 N–H and O–H groups in total. The molecule has 2 atom stereocenters. The largest absolute Gasteiger partial charge is 0.481 e. The first-order chi connectivity index (χ1) is 9.83. The van der Waals surface area contributed by atoms with E-state index < -0.39 is 0 Å². The van der Waals surface area contributed by atoms with Gasteiger partial charge in [-0.15, -0.1) is 0 Å². The zero-order chi connectivity index (χ0) is 13.5. The zero-order valence-electron chi connectivity index (χ0n) is 12.0. The second-order valence-corrected chi connectivity index (χ2v) is 6.26. The number of nitrogens with zero attached hydrogens (tertiary/aromatic N) is 3. The molecule has 2 unspecified atom stereocenters. The van der Waals surface area contributed by atoms with Gasteiger partial charge < -0.3 is 9.64 Å². The van der Waals surface area contributed by atoms with Crippen LogP contribution < -0.4 is 9.64 Å². The minimum absolute atomic E-state index is 0.589. The van der Waals surface area contributed by atoms with Crippen LogP contribution in [0.15, 0.2) is 23.9 Å². The van der Waals surface area contributed by atoms with Crippen molar-refractivity contribution in [2.45, 2.75) is 50.6 Å². The number of rotatable bonds is 3. The number of ether oxygens (including phenoxy) is 1. The molecule has 3 heterocycles. The van der Waals surface area contributed by atoms with E-state index in [2.05, 4.69) is 20.9 Å². The van der Waals surface area contributed by atoms with Crippen molar-refractivity contribution in [3.63, 3.8) is 0 Å². The van der Waals surface area contributed by atoms with E-state index in [1.165, 1.54) is 38.5 Å². The summed E-state index contributed by atoms with van der Waals surface area (Å²) in [7, 11) is 1.66. The van der Waals surface area contributed by atoms with E-state index in [0.717, 1.165) is 11.9 Å². The van der Waals surface area contributed by atoms with Crippen molar-refractivity contribution in [1.82, 2.24) is 9.97 Å². The van der Waals surface area contributed by atoms with E-state index in [-0.39, 0.29) is 0 Å².